The van der Waals surface area contributed by atoms with E-state index in [9.17, 15) is 18.3 Å². The van der Waals surface area contributed by atoms with E-state index in [1.54, 1.807) is 12.5 Å². The average molecular weight is 327 g/mol. The molecule has 3 rings (SSSR count). The van der Waals surface area contributed by atoms with Gasteiger partial charge in [-0.2, -0.15) is 18.3 Å². The molecule has 1 saturated carbocycles. The maximum Gasteiger partial charge on any atom is 0.418 e. The van der Waals surface area contributed by atoms with Crippen molar-refractivity contribution >= 4 is 5.82 Å². The number of anilines is 1. The van der Waals surface area contributed by atoms with Gasteiger partial charge in [0, 0.05) is 18.9 Å². The highest BCUT2D eigenvalue weighted by Crippen LogP contribution is 2.32. The molecule has 0 bridgehead atoms. The van der Waals surface area contributed by atoms with Crippen molar-refractivity contribution in [2.75, 3.05) is 5.32 Å². The van der Waals surface area contributed by atoms with Crippen molar-refractivity contribution in [3.8, 4) is 0 Å². The molecule has 1 aliphatic carbocycles. The third-order valence-electron chi connectivity index (χ3n) is 3.97. The molecule has 3 atom stereocenters. The molecule has 124 valence electrons. The number of aromatic nitrogens is 4. The molecule has 0 aromatic carbocycles. The summed E-state index contributed by atoms with van der Waals surface area (Å²) >= 11 is 0. The van der Waals surface area contributed by atoms with Gasteiger partial charge in [0.15, 0.2) is 0 Å². The number of aliphatic hydroxyl groups is 1. The lowest BCUT2D eigenvalue weighted by Gasteiger charge is -2.17. The predicted octanol–water partition coefficient (Wildman–Crippen LogP) is 1.94. The second-order valence-corrected chi connectivity index (χ2v) is 5.74. The van der Waals surface area contributed by atoms with Gasteiger partial charge in [-0.25, -0.2) is 4.98 Å². The van der Waals surface area contributed by atoms with Crippen LogP contribution in [-0.2, 0) is 12.7 Å². The van der Waals surface area contributed by atoms with E-state index in [1.807, 2.05) is 10.8 Å². The highest BCUT2D eigenvalue weighted by atomic mass is 19.4. The molecule has 9 heteroatoms. The highest BCUT2D eigenvalue weighted by Gasteiger charge is 2.35. The minimum Gasteiger partial charge on any atom is -0.391 e. The van der Waals surface area contributed by atoms with Crippen LogP contribution in [0.2, 0.25) is 0 Å². The molecule has 1 unspecified atom stereocenters. The van der Waals surface area contributed by atoms with Gasteiger partial charge < -0.3 is 15.0 Å². The Morgan fingerprint density at radius 2 is 2.17 bits per heavy atom. The SMILES string of the molecule is O[C@@H]1CC(Cn2ccnc2)C[C@H]1Nc1cc(C(F)(F)F)cnn1. The van der Waals surface area contributed by atoms with Crippen molar-refractivity contribution in [3.63, 3.8) is 0 Å². The van der Waals surface area contributed by atoms with Crippen molar-refractivity contribution < 1.29 is 18.3 Å². The van der Waals surface area contributed by atoms with Gasteiger partial charge in [-0.05, 0) is 24.8 Å². The lowest BCUT2D eigenvalue weighted by Crippen LogP contribution is -2.28. The minimum atomic E-state index is -4.47. The van der Waals surface area contributed by atoms with Gasteiger partial charge in [0.05, 0.1) is 30.2 Å². The van der Waals surface area contributed by atoms with Gasteiger partial charge >= 0.3 is 6.18 Å². The summed E-state index contributed by atoms with van der Waals surface area (Å²) in [7, 11) is 0. The molecular formula is C14H16F3N5O. The summed E-state index contributed by atoms with van der Waals surface area (Å²) in [6, 6.07) is 0.560. The summed E-state index contributed by atoms with van der Waals surface area (Å²) < 4.78 is 40.0. The largest absolute Gasteiger partial charge is 0.418 e. The number of nitrogens with one attached hydrogen (secondary N) is 1. The summed E-state index contributed by atoms with van der Waals surface area (Å²) in [6.45, 7) is 0.712. The first kappa shape index (κ1) is 15.7. The van der Waals surface area contributed by atoms with Gasteiger partial charge in [-0.3, -0.25) is 0 Å². The van der Waals surface area contributed by atoms with Crippen molar-refractivity contribution in [2.24, 2.45) is 5.92 Å². The molecule has 0 saturated heterocycles. The van der Waals surface area contributed by atoms with Crippen molar-refractivity contribution in [1.29, 1.82) is 0 Å². The van der Waals surface area contributed by atoms with E-state index in [2.05, 4.69) is 20.5 Å². The molecule has 0 aliphatic heterocycles. The van der Waals surface area contributed by atoms with Crippen molar-refractivity contribution in [3.05, 3.63) is 36.5 Å². The Bertz CT molecular complexity index is 646. The number of imidazole rings is 1. The first-order chi connectivity index (χ1) is 10.9. The maximum absolute atomic E-state index is 12.7. The van der Waals surface area contributed by atoms with E-state index in [-0.39, 0.29) is 17.8 Å². The van der Waals surface area contributed by atoms with Crippen LogP contribution in [-0.4, -0.2) is 37.0 Å². The normalized spacial score (nSPS) is 24.8. The molecule has 2 heterocycles. The molecule has 1 aliphatic rings. The number of rotatable bonds is 4. The van der Waals surface area contributed by atoms with Gasteiger partial charge in [0.2, 0.25) is 0 Å². The summed E-state index contributed by atoms with van der Waals surface area (Å²) in [5, 5.41) is 20.0. The number of nitrogens with zero attached hydrogens (tertiary/aromatic N) is 4. The van der Waals surface area contributed by atoms with Crippen LogP contribution in [0.4, 0.5) is 19.0 Å². The van der Waals surface area contributed by atoms with Crippen molar-refractivity contribution in [1.82, 2.24) is 19.7 Å². The van der Waals surface area contributed by atoms with Crippen LogP contribution < -0.4 is 5.32 Å². The van der Waals surface area contributed by atoms with E-state index in [1.165, 1.54) is 0 Å². The molecule has 23 heavy (non-hydrogen) atoms. The lowest BCUT2D eigenvalue weighted by atomic mass is 10.1. The van der Waals surface area contributed by atoms with Crippen LogP contribution in [0, 0.1) is 5.92 Å². The molecule has 0 spiro atoms. The smallest absolute Gasteiger partial charge is 0.391 e. The predicted molar refractivity (Wildman–Crippen MR) is 75.4 cm³/mol. The number of alkyl halides is 3. The first-order valence-electron chi connectivity index (χ1n) is 7.22. The number of aliphatic hydroxyl groups excluding tert-OH is 1. The lowest BCUT2D eigenvalue weighted by molar-refractivity contribution is -0.137. The molecule has 2 N–H and O–H groups in total. The molecule has 2 aromatic heterocycles. The summed E-state index contributed by atoms with van der Waals surface area (Å²) in [5.41, 5.74) is -0.863. The van der Waals surface area contributed by atoms with Crippen LogP contribution in [0.3, 0.4) is 0 Å². The zero-order valence-corrected chi connectivity index (χ0v) is 12.1. The van der Waals surface area contributed by atoms with Gasteiger partial charge in [-0.15, -0.1) is 5.10 Å². The summed E-state index contributed by atoms with van der Waals surface area (Å²) in [4.78, 5) is 3.96. The quantitative estimate of drug-likeness (QED) is 0.898. The third kappa shape index (κ3) is 3.79. The van der Waals surface area contributed by atoms with Crippen LogP contribution >= 0.6 is 0 Å². The van der Waals surface area contributed by atoms with Crippen LogP contribution in [0.15, 0.2) is 31.0 Å². The second kappa shape index (κ2) is 6.15. The first-order valence-corrected chi connectivity index (χ1v) is 7.22. The average Bonchev–Trinajstić information content (AvgIpc) is 3.09. The zero-order valence-electron chi connectivity index (χ0n) is 12.1. The monoisotopic (exact) mass is 327 g/mol. The molecular weight excluding hydrogens is 311 g/mol. The number of hydrogen-bond donors (Lipinski definition) is 2. The Labute approximate surface area is 130 Å². The molecule has 2 aromatic rings. The third-order valence-corrected chi connectivity index (χ3v) is 3.97. The van der Waals surface area contributed by atoms with E-state index in [4.69, 9.17) is 0 Å². The minimum absolute atomic E-state index is 0.0205. The summed E-state index contributed by atoms with van der Waals surface area (Å²) in [6.07, 6.45) is 2.00. The molecule has 0 amide bonds. The van der Waals surface area contributed by atoms with E-state index in [0.29, 0.717) is 25.6 Å². The van der Waals surface area contributed by atoms with Crippen molar-refractivity contribution in [2.45, 2.75) is 37.7 Å². The van der Waals surface area contributed by atoms with E-state index < -0.39 is 17.8 Å². The Morgan fingerprint density at radius 1 is 1.35 bits per heavy atom. The molecule has 0 radical (unpaired) electrons. The number of halogens is 3. The molecule has 1 fully saturated rings. The topological polar surface area (TPSA) is 75.9 Å². The fourth-order valence-electron chi connectivity index (χ4n) is 2.90. The van der Waals surface area contributed by atoms with Gasteiger partial charge in [-0.1, -0.05) is 0 Å². The number of hydrogen-bond acceptors (Lipinski definition) is 5. The second-order valence-electron chi connectivity index (χ2n) is 5.74. The van der Waals surface area contributed by atoms with Gasteiger partial charge in [0.25, 0.3) is 0 Å². The fourth-order valence-corrected chi connectivity index (χ4v) is 2.90. The Kier molecular flexibility index (Phi) is 4.20. The summed E-state index contributed by atoms with van der Waals surface area (Å²) in [5.74, 6) is 0.239. The van der Waals surface area contributed by atoms with Crippen LogP contribution in [0.1, 0.15) is 18.4 Å². The Hall–Kier alpha value is -2.16. The molecule has 6 nitrogen and oxygen atoms in total. The Morgan fingerprint density at radius 3 is 2.87 bits per heavy atom. The standard InChI is InChI=1S/C14H16F3N5O/c15-14(16,17)10-5-13(21-19-6-10)20-11-3-9(4-12(11)23)7-22-2-1-18-8-22/h1-2,5-6,8-9,11-12,23H,3-4,7H2,(H,20,21)/t9?,11-,12-/m1/s1. The van der Waals surface area contributed by atoms with Crippen LogP contribution in [0.25, 0.3) is 0 Å². The van der Waals surface area contributed by atoms with E-state index >= 15 is 0 Å². The van der Waals surface area contributed by atoms with Gasteiger partial charge in [0.1, 0.15) is 5.82 Å². The van der Waals surface area contributed by atoms with E-state index in [0.717, 1.165) is 6.07 Å². The maximum atomic E-state index is 12.7. The fraction of sp³-hybridized carbons (Fsp3) is 0.500. The van der Waals surface area contributed by atoms with Crippen LogP contribution in [0.5, 0.6) is 0 Å². The zero-order chi connectivity index (χ0) is 16.4. The highest BCUT2D eigenvalue weighted by molar-refractivity contribution is 5.38. The Balaban J connectivity index is 1.64.